The number of fused-ring (bicyclic) bond motifs is 1. The van der Waals surface area contributed by atoms with E-state index in [2.05, 4.69) is 16.8 Å². The number of amides is 1. The third kappa shape index (κ3) is 3.11. The van der Waals surface area contributed by atoms with Crippen LogP contribution in [0.4, 0.5) is 11.4 Å². The summed E-state index contributed by atoms with van der Waals surface area (Å²) in [5.41, 5.74) is 7.28. The first-order chi connectivity index (χ1) is 10.1. The van der Waals surface area contributed by atoms with Crippen molar-refractivity contribution >= 4 is 17.3 Å². The number of nitrogens with zero attached hydrogens (tertiary/aromatic N) is 3. The fraction of sp³-hybridized carbons (Fsp3) is 0.533. The lowest BCUT2D eigenvalue weighted by Crippen LogP contribution is -2.49. The van der Waals surface area contributed by atoms with E-state index in [-0.39, 0.29) is 12.5 Å². The molecule has 0 atom stereocenters. The molecule has 0 aliphatic carbocycles. The Morgan fingerprint density at radius 1 is 1.19 bits per heavy atom. The van der Waals surface area contributed by atoms with Gasteiger partial charge in [0.2, 0.25) is 0 Å². The lowest BCUT2D eigenvalue weighted by atomic mass is 10.2. The molecule has 2 N–H and O–H groups in total. The molecule has 114 valence electrons. The summed E-state index contributed by atoms with van der Waals surface area (Å²) in [6.07, 6.45) is 0. The average molecular weight is 290 g/mol. The number of piperazine rings is 1. The molecular formula is C15H22N4O2. The molecular weight excluding hydrogens is 268 g/mol. The van der Waals surface area contributed by atoms with Crippen molar-refractivity contribution in [2.24, 2.45) is 0 Å². The molecule has 1 saturated heterocycles. The van der Waals surface area contributed by atoms with Crippen LogP contribution in [0.3, 0.4) is 0 Å². The van der Waals surface area contributed by atoms with E-state index in [0.29, 0.717) is 12.2 Å². The van der Waals surface area contributed by atoms with E-state index in [9.17, 15) is 4.79 Å². The number of likely N-dealkylation sites (N-methyl/N-ethyl adjacent to an activating group) is 1. The zero-order chi connectivity index (χ0) is 14.8. The minimum Gasteiger partial charge on any atom is -0.482 e. The molecule has 0 unspecified atom stereocenters. The van der Waals surface area contributed by atoms with Crippen LogP contribution in [0, 0.1) is 0 Å². The molecule has 1 amide bonds. The molecule has 2 heterocycles. The number of rotatable bonds is 3. The van der Waals surface area contributed by atoms with Crippen LogP contribution in [-0.2, 0) is 4.79 Å². The summed E-state index contributed by atoms with van der Waals surface area (Å²) in [6, 6.07) is 5.45. The fourth-order valence-corrected chi connectivity index (χ4v) is 2.78. The van der Waals surface area contributed by atoms with Gasteiger partial charge in [-0.1, -0.05) is 0 Å². The number of anilines is 2. The van der Waals surface area contributed by atoms with E-state index in [4.69, 9.17) is 10.5 Å². The average Bonchev–Trinajstić information content (AvgIpc) is 2.48. The monoisotopic (exact) mass is 290 g/mol. The highest BCUT2D eigenvalue weighted by molar-refractivity contribution is 5.98. The van der Waals surface area contributed by atoms with Gasteiger partial charge in [-0.25, -0.2) is 0 Å². The van der Waals surface area contributed by atoms with Crippen LogP contribution in [0.15, 0.2) is 18.2 Å². The van der Waals surface area contributed by atoms with Crippen molar-refractivity contribution in [2.45, 2.75) is 0 Å². The summed E-state index contributed by atoms with van der Waals surface area (Å²) in [5, 5.41) is 0. The molecule has 2 aliphatic rings. The van der Waals surface area contributed by atoms with Gasteiger partial charge in [-0.15, -0.1) is 0 Å². The summed E-state index contributed by atoms with van der Waals surface area (Å²) >= 11 is 0. The maximum absolute atomic E-state index is 12.1. The maximum atomic E-state index is 12.1. The number of hydrogen-bond acceptors (Lipinski definition) is 5. The number of carbonyl (C=O) groups excluding carboxylic acids is 1. The zero-order valence-electron chi connectivity index (χ0n) is 12.4. The van der Waals surface area contributed by atoms with Crippen LogP contribution in [0.1, 0.15) is 0 Å². The summed E-state index contributed by atoms with van der Waals surface area (Å²) < 4.78 is 5.46. The normalized spacial score (nSPS) is 20.2. The van der Waals surface area contributed by atoms with Gasteiger partial charge >= 0.3 is 0 Å². The van der Waals surface area contributed by atoms with Crippen molar-refractivity contribution in [1.82, 2.24) is 9.80 Å². The highest BCUT2D eigenvalue weighted by atomic mass is 16.5. The first kappa shape index (κ1) is 14.2. The maximum Gasteiger partial charge on any atom is 0.265 e. The number of nitrogen functional groups attached to an aromatic ring is 1. The fourth-order valence-electron chi connectivity index (χ4n) is 2.78. The van der Waals surface area contributed by atoms with Gasteiger partial charge in [0.15, 0.2) is 6.61 Å². The van der Waals surface area contributed by atoms with E-state index in [1.54, 1.807) is 11.0 Å². The van der Waals surface area contributed by atoms with Gasteiger partial charge in [0.25, 0.3) is 5.91 Å². The Bertz CT molecular complexity index is 526. The smallest absolute Gasteiger partial charge is 0.265 e. The molecule has 1 aromatic rings. The molecule has 0 bridgehead atoms. The van der Waals surface area contributed by atoms with Gasteiger partial charge in [0, 0.05) is 45.0 Å². The highest BCUT2D eigenvalue weighted by Gasteiger charge is 2.26. The number of hydrogen-bond donors (Lipinski definition) is 1. The third-order valence-electron chi connectivity index (χ3n) is 4.16. The molecule has 0 aromatic heterocycles. The van der Waals surface area contributed by atoms with Gasteiger partial charge in [0.05, 0.1) is 5.69 Å². The Labute approximate surface area is 125 Å². The molecule has 0 radical (unpaired) electrons. The van der Waals surface area contributed by atoms with Crippen molar-refractivity contribution in [1.29, 1.82) is 0 Å². The van der Waals surface area contributed by atoms with Gasteiger partial charge in [-0.05, 0) is 25.2 Å². The van der Waals surface area contributed by atoms with Crippen LogP contribution in [-0.4, -0.2) is 68.6 Å². The van der Waals surface area contributed by atoms with Gasteiger partial charge in [-0.3, -0.25) is 9.69 Å². The van der Waals surface area contributed by atoms with Crippen molar-refractivity contribution < 1.29 is 9.53 Å². The SMILES string of the molecule is CN1CCN(CCN2C(=O)COc3ccc(N)cc32)CC1. The van der Waals surface area contributed by atoms with Crippen molar-refractivity contribution in [3.8, 4) is 5.75 Å². The van der Waals surface area contributed by atoms with Crippen molar-refractivity contribution in [2.75, 3.05) is 63.6 Å². The minimum atomic E-state index is 0.00206. The lowest BCUT2D eigenvalue weighted by Gasteiger charge is -2.35. The summed E-state index contributed by atoms with van der Waals surface area (Å²) in [4.78, 5) is 18.6. The minimum absolute atomic E-state index is 0.00206. The Kier molecular flexibility index (Phi) is 3.98. The van der Waals surface area contributed by atoms with Crippen LogP contribution in [0.25, 0.3) is 0 Å². The predicted octanol–water partition coefficient (Wildman–Crippen LogP) is 0.242. The largest absolute Gasteiger partial charge is 0.482 e. The van der Waals surface area contributed by atoms with E-state index < -0.39 is 0 Å². The standard InChI is InChI=1S/C15H22N4O2/c1-17-4-6-18(7-5-17)8-9-19-13-10-12(16)2-3-14(13)21-11-15(19)20/h2-3,10H,4-9,11,16H2,1H3. The number of carbonyl (C=O) groups is 1. The van der Waals surface area contributed by atoms with Crippen molar-refractivity contribution in [3.63, 3.8) is 0 Å². The van der Waals surface area contributed by atoms with Crippen LogP contribution < -0.4 is 15.4 Å². The highest BCUT2D eigenvalue weighted by Crippen LogP contribution is 2.33. The number of nitrogens with two attached hydrogens (primary N) is 1. The van der Waals surface area contributed by atoms with Crippen LogP contribution in [0.5, 0.6) is 5.75 Å². The Morgan fingerprint density at radius 2 is 1.95 bits per heavy atom. The van der Waals surface area contributed by atoms with Gasteiger partial charge < -0.3 is 20.3 Å². The summed E-state index contributed by atoms with van der Waals surface area (Å²) in [5.74, 6) is 0.740. The van der Waals surface area contributed by atoms with Gasteiger partial charge in [0.1, 0.15) is 5.75 Å². The molecule has 2 aliphatic heterocycles. The van der Waals surface area contributed by atoms with E-state index in [1.807, 2.05) is 12.1 Å². The molecule has 6 heteroatoms. The molecule has 1 fully saturated rings. The molecule has 3 rings (SSSR count). The van der Waals surface area contributed by atoms with E-state index in [0.717, 1.165) is 44.2 Å². The molecule has 1 aromatic carbocycles. The second kappa shape index (κ2) is 5.91. The van der Waals surface area contributed by atoms with Crippen molar-refractivity contribution in [3.05, 3.63) is 18.2 Å². The predicted molar refractivity (Wildman–Crippen MR) is 82.6 cm³/mol. The summed E-state index contributed by atoms with van der Waals surface area (Å²) in [6.45, 7) is 5.95. The van der Waals surface area contributed by atoms with Crippen LogP contribution in [0.2, 0.25) is 0 Å². The first-order valence-electron chi connectivity index (χ1n) is 7.37. The van der Waals surface area contributed by atoms with E-state index >= 15 is 0 Å². The summed E-state index contributed by atoms with van der Waals surface area (Å²) in [7, 11) is 2.14. The van der Waals surface area contributed by atoms with E-state index in [1.165, 1.54) is 0 Å². The first-order valence-corrected chi connectivity index (χ1v) is 7.37. The molecule has 0 saturated carbocycles. The molecule has 0 spiro atoms. The molecule has 6 nitrogen and oxygen atoms in total. The lowest BCUT2D eigenvalue weighted by molar-refractivity contribution is -0.121. The number of benzene rings is 1. The second-order valence-corrected chi connectivity index (χ2v) is 5.71. The quantitative estimate of drug-likeness (QED) is 0.808. The number of ether oxygens (including phenoxy) is 1. The Hall–Kier alpha value is -1.79. The second-order valence-electron chi connectivity index (χ2n) is 5.71. The third-order valence-corrected chi connectivity index (χ3v) is 4.16. The Balaban J connectivity index is 1.67. The zero-order valence-corrected chi connectivity index (χ0v) is 12.4. The topological polar surface area (TPSA) is 62.0 Å². The van der Waals surface area contributed by atoms with Gasteiger partial charge in [-0.2, -0.15) is 0 Å². The Morgan fingerprint density at radius 3 is 2.71 bits per heavy atom. The van der Waals surface area contributed by atoms with Crippen LogP contribution >= 0.6 is 0 Å². The molecule has 21 heavy (non-hydrogen) atoms.